The van der Waals surface area contributed by atoms with Crippen molar-refractivity contribution in [3.63, 3.8) is 0 Å². The van der Waals surface area contributed by atoms with E-state index in [-0.39, 0.29) is 5.91 Å². The lowest BCUT2D eigenvalue weighted by Crippen LogP contribution is -2.21. The van der Waals surface area contributed by atoms with Gasteiger partial charge in [-0.1, -0.05) is 36.4 Å². The predicted molar refractivity (Wildman–Crippen MR) is 97.2 cm³/mol. The number of benzene rings is 2. The first-order chi connectivity index (χ1) is 11.5. The normalized spacial score (nSPS) is 11.0. The molecule has 0 aliphatic heterocycles. The fourth-order valence-electron chi connectivity index (χ4n) is 2.17. The van der Waals surface area contributed by atoms with Gasteiger partial charge in [0.15, 0.2) is 0 Å². The lowest BCUT2D eigenvalue weighted by atomic mass is 10.2. The van der Waals surface area contributed by atoms with Gasteiger partial charge in [0.2, 0.25) is 5.91 Å². The number of carbonyl (C=O) groups excluding carboxylic acids is 1. The molecule has 4 nitrogen and oxygen atoms in total. The topological polar surface area (TPSA) is 41.6 Å². The number of para-hydroxylation sites is 1. The minimum atomic E-state index is -0.109. The zero-order valence-corrected chi connectivity index (χ0v) is 14.5. The summed E-state index contributed by atoms with van der Waals surface area (Å²) in [5.41, 5.74) is 2.08. The van der Waals surface area contributed by atoms with E-state index in [9.17, 15) is 4.79 Å². The van der Waals surface area contributed by atoms with Crippen molar-refractivity contribution in [3.05, 3.63) is 71.8 Å². The van der Waals surface area contributed by atoms with E-state index in [1.165, 1.54) is 0 Å². The Balaban J connectivity index is 1.98. The summed E-state index contributed by atoms with van der Waals surface area (Å²) in [4.78, 5) is 13.8. The molecule has 2 rings (SSSR count). The number of nitrogens with zero attached hydrogens (tertiary/aromatic N) is 1. The monoisotopic (exact) mass is 324 g/mol. The van der Waals surface area contributed by atoms with Crippen molar-refractivity contribution in [1.82, 2.24) is 10.2 Å². The Bertz CT molecular complexity index is 708. The van der Waals surface area contributed by atoms with Gasteiger partial charge in [0, 0.05) is 24.7 Å². The van der Waals surface area contributed by atoms with Gasteiger partial charge in [0.05, 0.1) is 0 Å². The van der Waals surface area contributed by atoms with Crippen LogP contribution in [0.15, 0.2) is 60.7 Å². The molecule has 0 aliphatic carbocycles. The fourth-order valence-corrected chi connectivity index (χ4v) is 2.17. The smallest absolute Gasteiger partial charge is 0.243 e. The second kappa shape index (κ2) is 8.89. The number of carbonyl (C=O) groups is 1. The first-order valence-electron chi connectivity index (χ1n) is 7.96. The summed E-state index contributed by atoms with van der Waals surface area (Å²) in [6, 6.07) is 15.6. The second-order valence-electron chi connectivity index (χ2n) is 5.91. The van der Waals surface area contributed by atoms with Crippen molar-refractivity contribution < 1.29 is 9.53 Å². The standard InChI is InChI=1S/C20H24N2O2/c1-16-8-6-10-18(14-16)24-19-11-5-4-9-17(19)15-21-20(23)12-7-13-22(2)3/h4-12,14H,13,15H2,1-3H3,(H,21,23)/b12-7+. The maximum Gasteiger partial charge on any atom is 0.243 e. The highest BCUT2D eigenvalue weighted by molar-refractivity contribution is 5.87. The van der Waals surface area contributed by atoms with Crippen molar-refractivity contribution in [2.75, 3.05) is 20.6 Å². The molecule has 0 saturated heterocycles. The SMILES string of the molecule is Cc1cccc(Oc2ccccc2CNC(=O)/C=C/CN(C)C)c1. The highest BCUT2D eigenvalue weighted by Gasteiger charge is 2.05. The van der Waals surface area contributed by atoms with Crippen molar-refractivity contribution in [2.24, 2.45) is 0 Å². The average molecular weight is 324 g/mol. The molecular formula is C20H24N2O2. The third kappa shape index (κ3) is 5.89. The zero-order valence-electron chi connectivity index (χ0n) is 14.5. The molecule has 126 valence electrons. The molecule has 0 aliphatic rings. The molecule has 2 aromatic rings. The molecule has 0 atom stereocenters. The summed E-state index contributed by atoms with van der Waals surface area (Å²) in [5, 5.41) is 2.89. The number of rotatable bonds is 7. The van der Waals surface area contributed by atoms with Gasteiger partial charge in [-0.3, -0.25) is 4.79 Å². The van der Waals surface area contributed by atoms with E-state index in [0.29, 0.717) is 6.54 Å². The van der Waals surface area contributed by atoms with E-state index in [0.717, 1.165) is 29.2 Å². The average Bonchev–Trinajstić information content (AvgIpc) is 2.54. The Morgan fingerprint density at radius 3 is 2.71 bits per heavy atom. The number of hydrogen-bond donors (Lipinski definition) is 1. The number of likely N-dealkylation sites (N-methyl/N-ethyl adjacent to an activating group) is 1. The Hall–Kier alpha value is -2.59. The van der Waals surface area contributed by atoms with Gasteiger partial charge in [-0.15, -0.1) is 0 Å². The van der Waals surface area contributed by atoms with Crippen LogP contribution in [0.5, 0.6) is 11.5 Å². The largest absolute Gasteiger partial charge is 0.457 e. The van der Waals surface area contributed by atoms with Gasteiger partial charge in [0.25, 0.3) is 0 Å². The number of hydrogen-bond acceptors (Lipinski definition) is 3. The zero-order chi connectivity index (χ0) is 17.4. The van der Waals surface area contributed by atoms with E-state index in [1.807, 2.05) is 80.5 Å². The van der Waals surface area contributed by atoms with Crippen LogP contribution in [-0.4, -0.2) is 31.4 Å². The van der Waals surface area contributed by atoms with Gasteiger partial charge in [0.1, 0.15) is 11.5 Å². The van der Waals surface area contributed by atoms with Crippen molar-refractivity contribution in [2.45, 2.75) is 13.5 Å². The molecule has 1 amide bonds. The number of ether oxygens (including phenoxy) is 1. The summed E-state index contributed by atoms with van der Waals surface area (Å²) < 4.78 is 5.96. The Morgan fingerprint density at radius 2 is 1.96 bits per heavy atom. The summed E-state index contributed by atoms with van der Waals surface area (Å²) in [6.07, 6.45) is 3.40. The third-order valence-corrected chi connectivity index (χ3v) is 3.38. The number of aryl methyl sites for hydroxylation is 1. The molecule has 0 heterocycles. The van der Waals surface area contributed by atoms with Crippen LogP contribution in [0.2, 0.25) is 0 Å². The van der Waals surface area contributed by atoms with Crippen LogP contribution in [0.4, 0.5) is 0 Å². The summed E-state index contributed by atoms with van der Waals surface area (Å²) in [5.74, 6) is 1.43. The Labute approximate surface area is 143 Å². The van der Waals surface area contributed by atoms with Crippen LogP contribution < -0.4 is 10.1 Å². The molecule has 24 heavy (non-hydrogen) atoms. The molecule has 4 heteroatoms. The van der Waals surface area contributed by atoms with Crippen molar-refractivity contribution >= 4 is 5.91 Å². The molecule has 0 unspecified atom stereocenters. The van der Waals surface area contributed by atoms with Crippen LogP contribution in [0.25, 0.3) is 0 Å². The van der Waals surface area contributed by atoms with Crippen molar-refractivity contribution in [3.8, 4) is 11.5 Å². The molecule has 1 N–H and O–H groups in total. The van der Waals surface area contributed by atoms with Gasteiger partial charge in [-0.05, 0) is 44.8 Å². The molecule has 0 aromatic heterocycles. The maximum absolute atomic E-state index is 11.9. The van der Waals surface area contributed by atoms with Gasteiger partial charge in [-0.2, -0.15) is 0 Å². The van der Waals surface area contributed by atoms with Crippen LogP contribution >= 0.6 is 0 Å². The van der Waals surface area contributed by atoms with E-state index in [2.05, 4.69) is 5.32 Å². The summed E-state index contributed by atoms with van der Waals surface area (Å²) in [6.45, 7) is 3.19. The summed E-state index contributed by atoms with van der Waals surface area (Å²) in [7, 11) is 3.92. The molecule has 0 spiro atoms. The first kappa shape index (κ1) is 17.8. The van der Waals surface area contributed by atoms with Crippen molar-refractivity contribution in [1.29, 1.82) is 0 Å². The Morgan fingerprint density at radius 1 is 1.17 bits per heavy atom. The predicted octanol–water partition coefficient (Wildman–Crippen LogP) is 3.52. The molecule has 2 aromatic carbocycles. The highest BCUT2D eigenvalue weighted by Crippen LogP contribution is 2.25. The lowest BCUT2D eigenvalue weighted by Gasteiger charge is -2.12. The molecule has 0 bridgehead atoms. The van der Waals surface area contributed by atoms with Crippen LogP contribution in [0.1, 0.15) is 11.1 Å². The van der Waals surface area contributed by atoms with Crippen LogP contribution in [-0.2, 0) is 11.3 Å². The van der Waals surface area contributed by atoms with Crippen LogP contribution in [0.3, 0.4) is 0 Å². The van der Waals surface area contributed by atoms with Gasteiger partial charge < -0.3 is 15.0 Å². The van der Waals surface area contributed by atoms with E-state index in [4.69, 9.17) is 4.74 Å². The third-order valence-electron chi connectivity index (χ3n) is 3.38. The fraction of sp³-hybridized carbons (Fsp3) is 0.250. The molecule has 0 fully saturated rings. The van der Waals surface area contributed by atoms with Crippen LogP contribution in [0, 0.1) is 6.92 Å². The molecular weight excluding hydrogens is 300 g/mol. The minimum Gasteiger partial charge on any atom is -0.457 e. The Kier molecular flexibility index (Phi) is 6.58. The second-order valence-corrected chi connectivity index (χ2v) is 5.91. The number of amides is 1. The van der Waals surface area contributed by atoms with Gasteiger partial charge >= 0.3 is 0 Å². The minimum absolute atomic E-state index is 0.109. The summed E-state index contributed by atoms with van der Waals surface area (Å²) >= 11 is 0. The lowest BCUT2D eigenvalue weighted by molar-refractivity contribution is -0.116. The quantitative estimate of drug-likeness (QED) is 0.792. The molecule has 0 radical (unpaired) electrons. The maximum atomic E-state index is 11.9. The first-order valence-corrected chi connectivity index (χ1v) is 7.96. The number of nitrogens with one attached hydrogen (secondary N) is 1. The highest BCUT2D eigenvalue weighted by atomic mass is 16.5. The molecule has 0 saturated carbocycles. The van der Waals surface area contributed by atoms with Gasteiger partial charge in [-0.25, -0.2) is 0 Å². The van der Waals surface area contributed by atoms with E-state index < -0.39 is 0 Å². The van der Waals surface area contributed by atoms with E-state index in [1.54, 1.807) is 6.08 Å². The van der Waals surface area contributed by atoms with E-state index >= 15 is 0 Å².